The zero-order chi connectivity index (χ0) is 11.4. The number of anilines is 1. The Bertz CT molecular complexity index is 330. The molecule has 2 heterocycles. The minimum absolute atomic E-state index is 0.594. The monoisotopic (exact) mass is 219 g/mol. The Balaban J connectivity index is 1.98. The van der Waals surface area contributed by atoms with Gasteiger partial charge in [0.25, 0.3) is 0 Å². The first kappa shape index (κ1) is 11.4. The Labute approximate surface area is 97.9 Å². The number of rotatable bonds is 3. The van der Waals surface area contributed by atoms with Gasteiger partial charge in [0.05, 0.1) is 0 Å². The molecular formula is C13H21N3. The number of nitrogens with one attached hydrogen (secondary N) is 1. The van der Waals surface area contributed by atoms with Crippen LogP contribution in [0.1, 0.15) is 25.3 Å². The predicted molar refractivity (Wildman–Crippen MR) is 67.8 cm³/mol. The topological polar surface area (TPSA) is 28.2 Å². The van der Waals surface area contributed by atoms with Gasteiger partial charge in [-0.05, 0) is 51.0 Å². The first-order chi connectivity index (χ1) is 7.79. The number of pyridine rings is 1. The Kier molecular flexibility index (Phi) is 3.78. The predicted octanol–water partition coefficient (Wildman–Crippen LogP) is 2.15. The molecule has 1 saturated heterocycles. The van der Waals surface area contributed by atoms with Gasteiger partial charge in [0.1, 0.15) is 5.82 Å². The molecule has 16 heavy (non-hydrogen) atoms. The van der Waals surface area contributed by atoms with E-state index in [1.165, 1.54) is 31.5 Å². The third kappa shape index (κ3) is 2.73. The number of aryl methyl sites for hydroxylation is 1. The normalized spacial score (nSPS) is 18.6. The van der Waals surface area contributed by atoms with Gasteiger partial charge in [0, 0.05) is 12.2 Å². The van der Waals surface area contributed by atoms with Crippen molar-refractivity contribution in [3.63, 3.8) is 0 Å². The van der Waals surface area contributed by atoms with Crippen molar-refractivity contribution in [1.82, 2.24) is 9.88 Å². The molecule has 3 heteroatoms. The van der Waals surface area contributed by atoms with Crippen molar-refractivity contribution in [2.24, 2.45) is 0 Å². The van der Waals surface area contributed by atoms with Crippen molar-refractivity contribution in [1.29, 1.82) is 0 Å². The van der Waals surface area contributed by atoms with Crippen molar-refractivity contribution in [2.45, 2.75) is 32.2 Å². The molecule has 0 radical (unpaired) electrons. The van der Waals surface area contributed by atoms with E-state index in [0.29, 0.717) is 6.04 Å². The molecule has 0 saturated carbocycles. The number of aromatic nitrogens is 1. The van der Waals surface area contributed by atoms with Crippen LogP contribution in [-0.4, -0.2) is 36.1 Å². The summed E-state index contributed by atoms with van der Waals surface area (Å²) in [6.45, 7) is 4.55. The summed E-state index contributed by atoms with van der Waals surface area (Å²) in [6, 6.07) is 4.76. The van der Waals surface area contributed by atoms with E-state index in [1.54, 1.807) is 0 Å². The van der Waals surface area contributed by atoms with Crippen LogP contribution in [-0.2, 0) is 6.42 Å². The van der Waals surface area contributed by atoms with E-state index in [0.717, 1.165) is 12.2 Å². The van der Waals surface area contributed by atoms with E-state index < -0.39 is 0 Å². The molecule has 2 rings (SSSR count). The molecule has 1 aromatic rings. The maximum absolute atomic E-state index is 4.44. The molecule has 3 nitrogen and oxygen atoms in total. The van der Waals surface area contributed by atoms with E-state index in [9.17, 15) is 0 Å². The van der Waals surface area contributed by atoms with E-state index in [2.05, 4.69) is 35.2 Å². The van der Waals surface area contributed by atoms with Crippen molar-refractivity contribution < 1.29 is 0 Å². The average Bonchev–Trinajstić information content (AvgIpc) is 2.33. The summed E-state index contributed by atoms with van der Waals surface area (Å²) in [5.41, 5.74) is 1.32. The standard InChI is InChI=1S/C13H21N3/c1-3-11-5-4-8-14-13(11)15-12-6-9-16(2)10-7-12/h4-5,8,12H,3,6-7,9-10H2,1-2H3,(H,14,15). The number of hydrogen-bond donors (Lipinski definition) is 1. The summed E-state index contributed by atoms with van der Waals surface area (Å²) in [6.07, 6.45) is 5.35. The fourth-order valence-corrected chi connectivity index (χ4v) is 2.20. The minimum Gasteiger partial charge on any atom is -0.367 e. The zero-order valence-electron chi connectivity index (χ0n) is 10.2. The summed E-state index contributed by atoms with van der Waals surface area (Å²) in [5, 5.41) is 3.58. The van der Waals surface area contributed by atoms with Gasteiger partial charge in [0.2, 0.25) is 0 Å². The maximum Gasteiger partial charge on any atom is 0.129 e. The van der Waals surface area contributed by atoms with Crippen molar-refractivity contribution in [2.75, 3.05) is 25.5 Å². The van der Waals surface area contributed by atoms with Crippen LogP contribution in [0.2, 0.25) is 0 Å². The number of hydrogen-bond acceptors (Lipinski definition) is 3. The van der Waals surface area contributed by atoms with Crippen LogP contribution < -0.4 is 5.32 Å². The Morgan fingerprint density at radius 3 is 2.88 bits per heavy atom. The van der Waals surface area contributed by atoms with Crippen LogP contribution in [0.25, 0.3) is 0 Å². The molecule has 0 aliphatic carbocycles. The molecule has 0 amide bonds. The molecule has 1 fully saturated rings. The van der Waals surface area contributed by atoms with E-state index in [-0.39, 0.29) is 0 Å². The lowest BCUT2D eigenvalue weighted by Gasteiger charge is -2.30. The van der Waals surface area contributed by atoms with Crippen LogP contribution >= 0.6 is 0 Å². The van der Waals surface area contributed by atoms with Gasteiger partial charge >= 0.3 is 0 Å². The quantitative estimate of drug-likeness (QED) is 0.844. The van der Waals surface area contributed by atoms with Gasteiger partial charge in [-0.1, -0.05) is 13.0 Å². The Morgan fingerprint density at radius 1 is 1.44 bits per heavy atom. The zero-order valence-corrected chi connectivity index (χ0v) is 10.2. The SMILES string of the molecule is CCc1cccnc1NC1CCN(C)CC1. The van der Waals surface area contributed by atoms with Gasteiger partial charge in [0.15, 0.2) is 0 Å². The second-order valence-electron chi connectivity index (χ2n) is 4.59. The molecular weight excluding hydrogens is 198 g/mol. The lowest BCUT2D eigenvalue weighted by Crippen LogP contribution is -2.37. The smallest absolute Gasteiger partial charge is 0.129 e. The van der Waals surface area contributed by atoms with Crippen LogP contribution in [0.15, 0.2) is 18.3 Å². The highest BCUT2D eigenvalue weighted by Gasteiger charge is 2.17. The summed E-state index contributed by atoms with van der Waals surface area (Å²) >= 11 is 0. The molecule has 0 bridgehead atoms. The average molecular weight is 219 g/mol. The summed E-state index contributed by atoms with van der Waals surface area (Å²) in [5.74, 6) is 1.08. The molecule has 0 atom stereocenters. The van der Waals surface area contributed by atoms with E-state index >= 15 is 0 Å². The van der Waals surface area contributed by atoms with Crippen LogP contribution in [0.4, 0.5) is 5.82 Å². The molecule has 0 unspecified atom stereocenters. The lowest BCUT2D eigenvalue weighted by atomic mass is 10.1. The van der Waals surface area contributed by atoms with Gasteiger partial charge in [-0.25, -0.2) is 4.98 Å². The number of nitrogens with zero attached hydrogens (tertiary/aromatic N) is 2. The maximum atomic E-state index is 4.44. The summed E-state index contributed by atoms with van der Waals surface area (Å²) in [4.78, 5) is 6.82. The fourth-order valence-electron chi connectivity index (χ4n) is 2.20. The Hall–Kier alpha value is -1.09. The second-order valence-corrected chi connectivity index (χ2v) is 4.59. The summed E-state index contributed by atoms with van der Waals surface area (Å²) in [7, 11) is 2.19. The number of piperidine rings is 1. The van der Waals surface area contributed by atoms with Gasteiger partial charge in [-0.15, -0.1) is 0 Å². The molecule has 1 N–H and O–H groups in total. The molecule has 1 aliphatic rings. The van der Waals surface area contributed by atoms with Crippen LogP contribution in [0.5, 0.6) is 0 Å². The van der Waals surface area contributed by atoms with Gasteiger partial charge in [-0.2, -0.15) is 0 Å². The van der Waals surface area contributed by atoms with Gasteiger partial charge < -0.3 is 10.2 Å². The van der Waals surface area contributed by atoms with E-state index in [4.69, 9.17) is 0 Å². The third-order valence-corrected chi connectivity index (χ3v) is 3.33. The highest BCUT2D eigenvalue weighted by atomic mass is 15.1. The first-order valence-electron chi connectivity index (χ1n) is 6.18. The van der Waals surface area contributed by atoms with Crippen molar-refractivity contribution in [3.05, 3.63) is 23.9 Å². The molecule has 1 aliphatic heterocycles. The highest BCUT2D eigenvalue weighted by Crippen LogP contribution is 2.17. The molecule has 88 valence electrons. The van der Waals surface area contributed by atoms with Crippen molar-refractivity contribution >= 4 is 5.82 Å². The number of likely N-dealkylation sites (tertiary alicyclic amines) is 1. The van der Waals surface area contributed by atoms with Crippen LogP contribution in [0, 0.1) is 0 Å². The molecule has 1 aromatic heterocycles. The van der Waals surface area contributed by atoms with E-state index in [1.807, 2.05) is 12.3 Å². The van der Waals surface area contributed by atoms with Gasteiger partial charge in [-0.3, -0.25) is 0 Å². The molecule has 0 aromatic carbocycles. The fraction of sp³-hybridized carbons (Fsp3) is 0.615. The lowest BCUT2D eigenvalue weighted by molar-refractivity contribution is 0.263. The third-order valence-electron chi connectivity index (χ3n) is 3.33. The molecule has 0 spiro atoms. The second kappa shape index (κ2) is 5.30. The Morgan fingerprint density at radius 2 is 2.19 bits per heavy atom. The minimum atomic E-state index is 0.594. The summed E-state index contributed by atoms with van der Waals surface area (Å²) < 4.78 is 0. The van der Waals surface area contributed by atoms with Crippen molar-refractivity contribution in [3.8, 4) is 0 Å². The largest absolute Gasteiger partial charge is 0.367 e. The van der Waals surface area contributed by atoms with Crippen LogP contribution in [0.3, 0.4) is 0 Å². The highest BCUT2D eigenvalue weighted by molar-refractivity contribution is 5.44. The first-order valence-corrected chi connectivity index (χ1v) is 6.18.